The fourth-order valence-corrected chi connectivity index (χ4v) is 6.85. The molecule has 6 aliphatic rings. The van der Waals surface area contributed by atoms with Crippen LogP contribution in [0.5, 0.6) is 0 Å². The average molecular weight is 278 g/mol. The minimum absolute atomic E-state index is 0.279. The smallest absolute Gasteiger partial charge is 0.281 e. The Hall–Kier alpha value is -0.230. The third-order valence-corrected chi connectivity index (χ3v) is 7.02. The first-order chi connectivity index (χ1) is 8.18. The van der Waals surface area contributed by atoms with Crippen LogP contribution in [0.2, 0.25) is 0 Å². The molecular weight excluding hydrogens is 262 g/mol. The Morgan fingerprint density at radius 3 is 2.56 bits per heavy atom. The highest BCUT2D eigenvalue weighted by Crippen LogP contribution is 2.85. The second-order valence-electron chi connectivity index (χ2n) is 7.14. The van der Waals surface area contributed by atoms with Crippen LogP contribution in [0.1, 0.15) is 38.5 Å². The van der Waals surface area contributed by atoms with E-state index in [1.165, 1.54) is 0 Å². The number of rotatable bonds is 3. The molecule has 3 nitrogen and oxygen atoms in total. The predicted octanol–water partition coefficient (Wildman–Crippen LogP) is 2.68. The molecule has 0 aromatic heterocycles. The van der Waals surface area contributed by atoms with Gasteiger partial charge in [-0.15, -0.1) is 0 Å². The number of halogens is 2. The maximum absolute atomic E-state index is 13.6. The van der Waals surface area contributed by atoms with Gasteiger partial charge in [0.25, 0.3) is 0 Å². The lowest BCUT2D eigenvalue weighted by atomic mass is 9.22. The van der Waals surface area contributed by atoms with E-state index >= 15 is 0 Å². The molecule has 0 aliphatic heterocycles. The summed E-state index contributed by atoms with van der Waals surface area (Å²) < 4.78 is 57.5. The van der Waals surface area contributed by atoms with Gasteiger partial charge in [0.15, 0.2) is 0 Å². The Labute approximate surface area is 105 Å². The molecule has 5 atom stereocenters. The summed E-state index contributed by atoms with van der Waals surface area (Å²) in [5.41, 5.74) is -0.218. The molecule has 18 heavy (non-hydrogen) atoms. The van der Waals surface area contributed by atoms with Crippen molar-refractivity contribution >= 4 is 10.1 Å². The van der Waals surface area contributed by atoms with Gasteiger partial charge in [0.05, 0.1) is 0 Å². The Kier molecular flexibility index (Phi) is 1.79. The van der Waals surface area contributed by atoms with Crippen molar-refractivity contribution in [2.45, 2.75) is 43.8 Å². The van der Waals surface area contributed by atoms with Crippen molar-refractivity contribution < 1.29 is 21.8 Å². The molecule has 6 rings (SSSR count). The van der Waals surface area contributed by atoms with Gasteiger partial charge in [0.1, 0.15) is 0 Å². The van der Waals surface area contributed by atoms with Crippen LogP contribution in [-0.2, 0) is 10.1 Å². The second kappa shape index (κ2) is 2.77. The van der Waals surface area contributed by atoms with Crippen molar-refractivity contribution in [2.75, 3.05) is 0 Å². The molecule has 5 bridgehead atoms. The molecular formula is C12H16F2O3S. The van der Waals surface area contributed by atoms with E-state index in [-0.39, 0.29) is 5.41 Å². The Balaban J connectivity index is 1.64. The zero-order chi connectivity index (χ0) is 13.0. The molecule has 102 valence electrons. The molecule has 4 unspecified atom stereocenters. The number of hydrogen-bond acceptors (Lipinski definition) is 2. The van der Waals surface area contributed by atoms with Gasteiger partial charge in [0, 0.05) is 6.42 Å². The molecule has 0 heterocycles. The summed E-state index contributed by atoms with van der Waals surface area (Å²) in [6, 6.07) is 0. The van der Waals surface area contributed by atoms with E-state index in [1.54, 1.807) is 0 Å². The Bertz CT molecular complexity index is 525. The van der Waals surface area contributed by atoms with E-state index in [0.717, 1.165) is 32.1 Å². The molecule has 0 radical (unpaired) electrons. The summed E-state index contributed by atoms with van der Waals surface area (Å²) in [5.74, 6) is 1.37. The van der Waals surface area contributed by atoms with Gasteiger partial charge in [-0.1, -0.05) is 0 Å². The van der Waals surface area contributed by atoms with Crippen LogP contribution in [0.4, 0.5) is 8.78 Å². The van der Waals surface area contributed by atoms with E-state index in [0.29, 0.717) is 17.8 Å². The normalized spacial score (nSPS) is 52.7. The lowest BCUT2D eigenvalue weighted by molar-refractivity contribution is -0.341. The summed E-state index contributed by atoms with van der Waals surface area (Å²) >= 11 is 0. The minimum atomic E-state index is -5.27. The van der Waals surface area contributed by atoms with Gasteiger partial charge in [-0.2, -0.15) is 17.2 Å². The molecule has 1 N–H and O–H groups in total. The summed E-state index contributed by atoms with van der Waals surface area (Å²) in [4.78, 5) is 0. The van der Waals surface area contributed by atoms with Crippen LogP contribution >= 0.6 is 0 Å². The number of hydrogen-bond donors (Lipinski definition) is 1. The zero-order valence-electron chi connectivity index (χ0n) is 9.90. The summed E-state index contributed by atoms with van der Waals surface area (Å²) in [5, 5.41) is -3.97. The SMILES string of the molecule is O=S(=O)(O)C(F)(F)CC12CC3CC4CC(C3)(C1)[C@H]42. The van der Waals surface area contributed by atoms with E-state index in [4.69, 9.17) is 4.55 Å². The topological polar surface area (TPSA) is 54.4 Å². The van der Waals surface area contributed by atoms with E-state index in [2.05, 4.69) is 0 Å². The summed E-state index contributed by atoms with van der Waals surface area (Å²) in [6.45, 7) is 0. The third kappa shape index (κ3) is 1.11. The maximum atomic E-state index is 13.6. The highest BCUT2D eigenvalue weighted by molar-refractivity contribution is 7.86. The predicted molar refractivity (Wildman–Crippen MR) is 59.5 cm³/mol. The molecule has 6 aliphatic carbocycles. The zero-order valence-corrected chi connectivity index (χ0v) is 10.7. The molecule has 6 saturated carbocycles. The fourth-order valence-electron chi connectivity index (χ4n) is 6.38. The minimum Gasteiger partial charge on any atom is -0.281 e. The van der Waals surface area contributed by atoms with Crippen LogP contribution < -0.4 is 0 Å². The lowest BCUT2D eigenvalue weighted by Crippen LogP contribution is -2.75. The fraction of sp³-hybridized carbons (Fsp3) is 1.00. The summed E-state index contributed by atoms with van der Waals surface area (Å²) in [6.07, 6.45) is 4.29. The maximum Gasteiger partial charge on any atom is 0.370 e. The lowest BCUT2D eigenvalue weighted by Gasteiger charge is -2.82. The first-order valence-corrected chi connectivity index (χ1v) is 7.96. The Morgan fingerprint density at radius 1 is 1.28 bits per heavy atom. The van der Waals surface area contributed by atoms with E-state index < -0.39 is 27.2 Å². The molecule has 0 amide bonds. The monoisotopic (exact) mass is 278 g/mol. The number of alkyl halides is 2. The highest BCUT2D eigenvalue weighted by Gasteiger charge is 2.79. The largest absolute Gasteiger partial charge is 0.370 e. The molecule has 1 spiro atoms. The quantitative estimate of drug-likeness (QED) is 0.807. The van der Waals surface area contributed by atoms with Crippen molar-refractivity contribution in [2.24, 2.45) is 28.6 Å². The first kappa shape index (κ1) is 11.6. The Morgan fingerprint density at radius 2 is 2.00 bits per heavy atom. The second-order valence-corrected chi connectivity index (χ2v) is 8.69. The van der Waals surface area contributed by atoms with Crippen LogP contribution in [0.15, 0.2) is 0 Å². The van der Waals surface area contributed by atoms with Crippen molar-refractivity contribution in [1.82, 2.24) is 0 Å². The van der Waals surface area contributed by atoms with Crippen molar-refractivity contribution in [3.63, 3.8) is 0 Å². The van der Waals surface area contributed by atoms with Crippen LogP contribution in [0.25, 0.3) is 0 Å². The average Bonchev–Trinajstić information content (AvgIpc) is 2.10. The van der Waals surface area contributed by atoms with E-state index in [1.807, 2.05) is 0 Å². The van der Waals surface area contributed by atoms with Crippen molar-refractivity contribution in [1.29, 1.82) is 0 Å². The third-order valence-electron chi connectivity index (χ3n) is 6.13. The highest BCUT2D eigenvalue weighted by atomic mass is 32.2. The molecule has 6 fully saturated rings. The van der Waals surface area contributed by atoms with Gasteiger partial charge in [-0.25, -0.2) is 0 Å². The van der Waals surface area contributed by atoms with E-state index in [9.17, 15) is 17.2 Å². The van der Waals surface area contributed by atoms with Crippen LogP contribution in [0.3, 0.4) is 0 Å². The standard InChI is InChI=1S/C12H16F2O3S/c13-12(14,18(15,16)17)6-11-3-7-1-8-4-10(2-7,5-11)9(8)11/h7-9H,1-6H2,(H,15,16,17)/t7?,8?,9-,10?,11?/m0/s1. The van der Waals surface area contributed by atoms with Crippen LogP contribution in [0, 0.1) is 28.6 Å². The molecule has 0 saturated heterocycles. The first-order valence-electron chi connectivity index (χ1n) is 6.52. The van der Waals surface area contributed by atoms with Gasteiger partial charge >= 0.3 is 15.4 Å². The van der Waals surface area contributed by atoms with Crippen molar-refractivity contribution in [3.8, 4) is 0 Å². The summed E-state index contributed by atoms with van der Waals surface area (Å²) in [7, 11) is -5.27. The van der Waals surface area contributed by atoms with Gasteiger partial charge in [-0.05, 0) is 60.7 Å². The van der Waals surface area contributed by atoms with Crippen molar-refractivity contribution in [3.05, 3.63) is 0 Å². The molecule has 0 aromatic rings. The van der Waals surface area contributed by atoms with Crippen LogP contribution in [-0.4, -0.2) is 18.2 Å². The molecule has 6 heteroatoms. The van der Waals surface area contributed by atoms with Gasteiger partial charge < -0.3 is 0 Å². The van der Waals surface area contributed by atoms with Gasteiger partial charge in [-0.3, -0.25) is 4.55 Å². The van der Waals surface area contributed by atoms with Gasteiger partial charge in [0.2, 0.25) is 0 Å². The molecule has 0 aromatic carbocycles.